The molecule has 0 spiro atoms. The molecular weight excluding hydrogens is 287 g/mol. The Kier molecular flexibility index (Phi) is 3.75. The second kappa shape index (κ2) is 5.33. The Morgan fingerprint density at radius 3 is 2.70 bits per heavy atom. The van der Waals surface area contributed by atoms with E-state index in [0.717, 1.165) is 18.3 Å². The number of hydrogen-bond donors (Lipinski definition) is 2. The number of nitrogens with one attached hydrogen (secondary N) is 2. The quantitative estimate of drug-likeness (QED) is 0.842. The van der Waals surface area contributed by atoms with E-state index in [1.807, 2.05) is 0 Å². The minimum Gasteiger partial charge on any atom is -0.464 e. The molecule has 2 aromatic rings. The Labute approximate surface area is 114 Å². The van der Waals surface area contributed by atoms with Gasteiger partial charge in [-0.15, -0.1) is 0 Å². The normalized spacial score (nSPS) is 11.1. The number of carbonyl (C=O) groups is 1. The molecule has 0 radical (unpaired) electrons. The van der Waals surface area contributed by atoms with Crippen molar-refractivity contribution < 1.29 is 22.3 Å². The lowest BCUT2D eigenvalue weighted by Crippen LogP contribution is -2.13. The highest BCUT2D eigenvalue weighted by Gasteiger charge is 2.20. The van der Waals surface area contributed by atoms with Crippen molar-refractivity contribution in [2.24, 2.45) is 0 Å². The lowest BCUT2D eigenvalue weighted by molar-refractivity contribution is 0.0595. The Hall–Kier alpha value is -2.35. The summed E-state index contributed by atoms with van der Waals surface area (Å²) in [5.41, 5.74) is -0.185. The van der Waals surface area contributed by atoms with E-state index < -0.39 is 21.8 Å². The van der Waals surface area contributed by atoms with Crippen LogP contribution >= 0.6 is 0 Å². The van der Waals surface area contributed by atoms with Gasteiger partial charge in [0.05, 0.1) is 12.8 Å². The van der Waals surface area contributed by atoms with Gasteiger partial charge in [0.1, 0.15) is 16.4 Å². The number of esters is 1. The van der Waals surface area contributed by atoms with Crippen molar-refractivity contribution in [3.63, 3.8) is 0 Å². The third-order valence-corrected chi connectivity index (χ3v) is 3.84. The zero-order valence-electron chi connectivity index (χ0n) is 10.4. The number of halogens is 1. The molecule has 0 saturated carbocycles. The van der Waals surface area contributed by atoms with Crippen molar-refractivity contribution >= 4 is 21.7 Å². The third kappa shape index (κ3) is 2.80. The Balaban J connectivity index is 2.29. The molecule has 8 heteroatoms. The predicted molar refractivity (Wildman–Crippen MR) is 69.3 cm³/mol. The summed E-state index contributed by atoms with van der Waals surface area (Å²) in [6.07, 6.45) is 1.12. The molecular formula is C12H11FN2O4S. The van der Waals surface area contributed by atoms with Crippen molar-refractivity contribution in [3.05, 3.63) is 48.0 Å². The zero-order chi connectivity index (χ0) is 14.8. The fourth-order valence-corrected chi connectivity index (χ4v) is 2.57. The van der Waals surface area contributed by atoms with Crippen LogP contribution in [0.3, 0.4) is 0 Å². The summed E-state index contributed by atoms with van der Waals surface area (Å²) in [6, 6.07) is 6.47. The molecule has 0 fully saturated rings. The number of benzene rings is 1. The maximum absolute atomic E-state index is 13.4. The molecule has 0 unspecified atom stereocenters. The smallest absolute Gasteiger partial charge is 0.354 e. The minimum atomic E-state index is -3.99. The Bertz CT molecular complexity index is 739. The second-order valence-electron chi connectivity index (χ2n) is 3.83. The first-order chi connectivity index (χ1) is 9.44. The predicted octanol–water partition coefficient (Wildman–Crippen LogP) is 1.74. The molecule has 106 valence electrons. The summed E-state index contributed by atoms with van der Waals surface area (Å²) in [5.74, 6) is -1.39. The molecule has 0 aliphatic heterocycles. The number of hydrogen-bond acceptors (Lipinski definition) is 4. The molecule has 2 N–H and O–H groups in total. The number of H-pyrrole nitrogens is 1. The van der Waals surface area contributed by atoms with Crippen molar-refractivity contribution in [2.75, 3.05) is 11.8 Å². The van der Waals surface area contributed by atoms with Crippen molar-refractivity contribution in [3.8, 4) is 0 Å². The third-order valence-electron chi connectivity index (χ3n) is 2.49. The number of aromatic amines is 1. The molecule has 0 aliphatic carbocycles. The van der Waals surface area contributed by atoms with Gasteiger partial charge in [0.15, 0.2) is 0 Å². The van der Waals surface area contributed by atoms with Gasteiger partial charge in [-0.05, 0) is 18.2 Å². The number of aromatic nitrogens is 1. The van der Waals surface area contributed by atoms with Crippen molar-refractivity contribution in [1.29, 1.82) is 0 Å². The van der Waals surface area contributed by atoms with E-state index in [-0.39, 0.29) is 16.3 Å². The monoisotopic (exact) mass is 298 g/mol. The van der Waals surface area contributed by atoms with Gasteiger partial charge >= 0.3 is 5.97 Å². The topological polar surface area (TPSA) is 88.3 Å². The van der Waals surface area contributed by atoms with Crippen LogP contribution in [0.25, 0.3) is 0 Å². The molecule has 20 heavy (non-hydrogen) atoms. The molecule has 1 heterocycles. The van der Waals surface area contributed by atoms with Crippen LogP contribution in [0.4, 0.5) is 10.1 Å². The molecule has 0 aliphatic rings. The summed E-state index contributed by atoms with van der Waals surface area (Å²) in [6.45, 7) is 0. The number of carbonyl (C=O) groups excluding carboxylic acids is 1. The van der Waals surface area contributed by atoms with E-state index in [0.29, 0.717) is 0 Å². The number of methoxy groups -OCH3 is 1. The maximum Gasteiger partial charge on any atom is 0.354 e. The van der Waals surface area contributed by atoms with Gasteiger partial charge in [-0.25, -0.2) is 17.6 Å². The summed E-state index contributed by atoms with van der Waals surface area (Å²) >= 11 is 0. The van der Waals surface area contributed by atoms with Crippen LogP contribution in [0.2, 0.25) is 0 Å². The average molecular weight is 298 g/mol. The van der Waals surface area contributed by atoms with Crippen molar-refractivity contribution in [1.82, 2.24) is 4.98 Å². The van der Waals surface area contributed by atoms with Crippen LogP contribution < -0.4 is 4.72 Å². The van der Waals surface area contributed by atoms with Gasteiger partial charge in [-0.1, -0.05) is 12.1 Å². The van der Waals surface area contributed by atoms with Crippen LogP contribution in [0.1, 0.15) is 10.5 Å². The fraction of sp³-hybridized carbons (Fsp3) is 0.0833. The maximum atomic E-state index is 13.4. The SMILES string of the molecule is COC(=O)c1cc(S(=O)(=O)Nc2ccccc2F)c[nH]1. The zero-order valence-corrected chi connectivity index (χ0v) is 11.2. The number of para-hydroxylation sites is 1. The van der Waals surface area contributed by atoms with Gasteiger partial charge in [-0.3, -0.25) is 4.72 Å². The highest BCUT2D eigenvalue weighted by atomic mass is 32.2. The first-order valence-corrected chi connectivity index (χ1v) is 6.96. The Morgan fingerprint density at radius 2 is 2.05 bits per heavy atom. The number of rotatable bonds is 4. The van der Waals surface area contributed by atoms with Crippen LogP contribution in [0, 0.1) is 5.82 Å². The van der Waals surface area contributed by atoms with E-state index in [9.17, 15) is 17.6 Å². The molecule has 0 amide bonds. The van der Waals surface area contributed by atoms with E-state index in [2.05, 4.69) is 14.4 Å². The molecule has 0 bridgehead atoms. The lowest BCUT2D eigenvalue weighted by Gasteiger charge is -2.06. The Morgan fingerprint density at radius 1 is 1.35 bits per heavy atom. The highest BCUT2D eigenvalue weighted by Crippen LogP contribution is 2.19. The molecule has 1 aromatic heterocycles. The van der Waals surface area contributed by atoms with Crippen LogP contribution in [0.15, 0.2) is 41.4 Å². The first-order valence-electron chi connectivity index (χ1n) is 5.48. The van der Waals surface area contributed by atoms with Crippen LogP contribution in [0.5, 0.6) is 0 Å². The summed E-state index contributed by atoms with van der Waals surface area (Å²) in [4.78, 5) is 13.5. The number of ether oxygens (including phenoxy) is 1. The van der Waals surface area contributed by atoms with Gasteiger partial charge in [0.25, 0.3) is 10.0 Å². The standard InChI is InChI=1S/C12H11FN2O4S/c1-19-12(16)11-6-8(7-14-11)20(17,18)15-10-5-3-2-4-9(10)13/h2-7,14-15H,1H3. The van der Waals surface area contributed by atoms with Crippen LogP contribution in [-0.4, -0.2) is 26.5 Å². The van der Waals surface area contributed by atoms with E-state index in [1.165, 1.54) is 25.3 Å². The molecule has 0 saturated heterocycles. The minimum absolute atomic E-state index is 0.0126. The van der Waals surface area contributed by atoms with Gasteiger partial charge in [0.2, 0.25) is 0 Å². The first kappa shape index (κ1) is 14.1. The highest BCUT2D eigenvalue weighted by molar-refractivity contribution is 7.92. The van der Waals surface area contributed by atoms with E-state index >= 15 is 0 Å². The number of anilines is 1. The van der Waals surface area contributed by atoms with E-state index in [4.69, 9.17) is 0 Å². The van der Waals surface area contributed by atoms with Gasteiger partial charge in [0, 0.05) is 6.20 Å². The summed E-state index contributed by atoms with van der Waals surface area (Å²) in [5, 5.41) is 0. The number of sulfonamides is 1. The molecule has 6 nitrogen and oxygen atoms in total. The van der Waals surface area contributed by atoms with E-state index in [1.54, 1.807) is 0 Å². The molecule has 0 atom stereocenters. The lowest BCUT2D eigenvalue weighted by atomic mass is 10.3. The second-order valence-corrected chi connectivity index (χ2v) is 5.51. The van der Waals surface area contributed by atoms with Gasteiger partial charge in [-0.2, -0.15) is 0 Å². The van der Waals surface area contributed by atoms with Gasteiger partial charge < -0.3 is 9.72 Å². The van der Waals surface area contributed by atoms with Crippen molar-refractivity contribution in [2.45, 2.75) is 4.90 Å². The molecule has 1 aromatic carbocycles. The molecule has 2 rings (SSSR count). The largest absolute Gasteiger partial charge is 0.464 e. The summed E-state index contributed by atoms with van der Waals surface area (Å²) < 4.78 is 44.0. The fourth-order valence-electron chi connectivity index (χ4n) is 1.51. The van der Waals surface area contributed by atoms with Crippen LogP contribution in [-0.2, 0) is 14.8 Å². The average Bonchev–Trinajstić information content (AvgIpc) is 2.91. The summed E-state index contributed by atoms with van der Waals surface area (Å²) in [7, 11) is -2.81.